The minimum atomic E-state index is -0.420. The number of nitrogens with one attached hydrogen (secondary N) is 1. The summed E-state index contributed by atoms with van der Waals surface area (Å²) in [4.78, 5) is 28.2. The van der Waals surface area contributed by atoms with Crippen LogP contribution in [0.2, 0.25) is 10.0 Å². The van der Waals surface area contributed by atoms with Crippen molar-refractivity contribution in [3.05, 3.63) is 99.2 Å². The van der Waals surface area contributed by atoms with Crippen LogP contribution in [0.1, 0.15) is 36.5 Å². The summed E-state index contributed by atoms with van der Waals surface area (Å²) in [5, 5.41) is 4.25. The molecule has 0 aliphatic carbocycles. The summed E-state index contributed by atoms with van der Waals surface area (Å²) in [7, 11) is 0. The summed E-state index contributed by atoms with van der Waals surface area (Å²) in [6.45, 7) is 6.10. The first-order valence-electron chi connectivity index (χ1n) is 10.3. The third-order valence-corrected chi connectivity index (χ3v) is 5.98. The number of hydrogen-bond donors (Lipinski definition) is 1. The fourth-order valence-electron chi connectivity index (χ4n) is 3.64. The summed E-state index contributed by atoms with van der Waals surface area (Å²) >= 11 is 12.2. The zero-order valence-corrected chi connectivity index (χ0v) is 19.5. The predicted octanol–water partition coefficient (Wildman–Crippen LogP) is 6.82. The monoisotopic (exact) mass is 464 g/mol. The van der Waals surface area contributed by atoms with E-state index in [-0.39, 0.29) is 5.70 Å². The molecule has 3 aromatic rings. The Hall–Kier alpha value is -3.08. The van der Waals surface area contributed by atoms with Crippen LogP contribution in [-0.4, -0.2) is 11.8 Å². The number of carbonyl (C=O) groups excluding carboxylic acids is 2. The molecular formula is C26H22Cl2N2O2. The highest BCUT2D eigenvalue weighted by Gasteiger charge is 2.40. The molecule has 0 radical (unpaired) electrons. The Balaban J connectivity index is 1.81. The molecule has 4 nitrogen and oxygen atoms in total. The molecule has 0 saturated heterocycles. The molecule has 0 atom stereocenters. The van der Waals surface area contributed by atoms with Crippen LogP contribution in [0.3, 0.4) is 0 Å². The highest BCUT2D eigenvalue weighted by atomic mass is 35.5. The van der Waals surface area contributed by atoms with Crippen LogP contribution in [0.15, 0.2) is 72.4 Å². The van der Waals surface area contributed by atoms with E-state index in [9.17, 15) is 9.59 Å². The predicted molar refractivity (Wildman–Crippen MR) is 131 cm³/mol. The van der Waals surface area contributed by atoms with Crippen molar-refractivity contribution in [3.8, 4) is 0 Å². The molecule has 0 aromatic heterocycles. The van der Waals surface area contributed by atoms with Gasteiger partial charge in [-0.2, -0.15) is 0 Å². The number of nitrogens with zero attached hydrogens (tertiary/aromatic N) is 1. The Morgan fingerprint density at radius 3 is 2.06 bits per heavy atom. The summed E-state index contributed by atoms with van der Waals surface area (Å²) in [6.07, 6.45) is 0. The van der Waals surface area contributed by atoms with Gasteiger partial charge in [0.25, 0.3) is 11.8 Å². The zero-order valence-electron chi connectivity index (χ0n) is 17.9. The van der Waals surface area contributed by atoms with Gasteiger partial charge in [0, 0.05) is 15.7 Å². The molecule has 0 bridgehead atoms. The molecular weight excluding hydrogens is 443 g/mol. The van der Waals surface area contributed by atoms with Gasteiger partial charge in [-0.3, -0.25) is 9.59 Å². The molecule has 32 heavy (non-hydrogen) atoms. The van der Waals surface area contributed by atoms with E-state index in [4.69, 9.17) is 23.2 Å². The number of benzene rings is 3. The summed E-state index contributed by atoms with van der Waals surface area (Å²) < 4.78 is 0. The van der Waals surface area contributed by atoms with Crippen molar-refractivity contribution in [2.75, 3.05) is 10.2 Å². The topological polar surface area (TPSA) is 49.4 Å². The number of amides is 2. The Morgan fingerprint density at radius 2 is 1.44 bits per heavy atom. The van der Waals surface area contributed by atoms with Gasteiger partial charge in [-0.1, -0.05) is 67.4 Å². The first-order chi connectivity index (χ1) is 15.3. The molecule has 0 saturated carbocycles. The maximum atomic E-state index is 13.5. The van der Waals surface area contributed by atoms with Gasteiger partial charge < -0.3 is 5.32 Å². The van der Waals surface area contributed by atoms with Gasteiger partial charge in [-0.05, 0) is 65.9 Å². The first-order valence-corrected chi connectivity index (χ1v) is 11.0. The zero-order chi connectivity index (χ0) is 23.0. The Labute approximate surface area is 197 Å². The lowest BCUT2D eigenvalue weighted by atomic mass is 10.0. The average Bonchev–Trinajstić information content (AvgIpc) is 3.01. The molecule has 0 spiro atoms. The van der Waals surface area contributed by atoms with Crippen molar-refractivity contribution in [2.24, 2.45) is 0 Å². The van der Waals surface area contributed by atoms with Crippen LogP contribution in [0, 0.1) is 6.92 Å². The Bertz CT molecular complexity index is 1230. The summed E-state index contributed by atoms with van der Waals surface area (Å²) in [5.74, 6) is -0.465. The number of aryl methyl sites for hydroxylation is 1. The third-order valence-electron chi connectivity index (χ3n) is 5.49. The maximum absolute atomic E-state index is 13.5. The van der Waals surface area contributed by atoms with Gasteiger partial charge in [-0.15, -0.1) is 0 Å². The van der Waals surface area contributed by atoms with Crippen molar-refractivity contribution < 1.29 is 9.59 Å². The minimum Gasteiger partial charge on any atom is -0.350 e. The molecule has 2 amide bonds. The number of carbonyl (C=O) groups is 2. The molecule has 1 heterocycles. The lowest BCUT2D eigenvalue weighted by molar-refractivity contribution is -0.120. The standard InChI is InChI=1S/C26H22Cl2N2O2/c1-15(2)17-7-12-21(13-8-17)30-25(31)23(18-5-10-19(27)11-6-18)24(26(30)32)29-22-14-20(28)9-4-16(22)3/h4-15,29H,1-3H3. The fraction of sp³-hybridized carbons (Fsp3) is 0.154. The largest absolute Gasteiger partial charge is 0.350 e. The van der Waals surface area contributed by atoms with Gasteiger partial charge in [0.15, 0.2) is 0 Å². The van der Waals surface area contributed by atoms with E-state index in [1.54, 1.807) is 48.5 Å². The molecule has 1 aliphatic rings. The molecule has 4 rings (SSSR count). The van der Waals surface area contributed by atoms with Gasteiger partial charge in [0.1, 0.15) is 5.70 Å². The van der Waals surface area contributed by atoms with Crippen LogP contribution in [0.25, 0.3) is 5.57 Å². The molecule has 0 fully saturated rings. The number of rotatable bonds is 5. The van der Waals surface area contributed by atoms with Crippen LogP contribution < -0.4 is 10.2 Å². The molecule has 0 unspecified atom stereocenters. The molecule has 6 heteroatoms. The lowest BCUT2D eigenvalue weighted by Crippen LogP contribution is -2.32. The summed E-state index contributed by atoms with van der Waals surface area (Å²) in [6, 6.07) is 19.7. The molecule has 162 valence electrons. The molecule has 1 aliphatic heterocycles. The van der Waals surface area contributed by atoms with Crippen LogP contribution in [0.4, 0.5) is 11.4 Å². The van der Waals surface area contributed by atoms with E-state index in [1.807, 2.05) is 25.1 Å². The van der Waals surface area contributed by atoms with E-state index >= 15 is 0 Å². The molecule has 3 aromatic carbocycles. The van der Waals surface area contributed by atoms with Crippen molar-refractivity contribution in [1.82, 2.24) is 0 Å². The third kappa shape index (κ3) is 4.16. The first kappa shape index (κ1) is 22.1. The van der Waals surface area contributed by atoms with Crippen LogP contribution in [-0.2, 0) is 9.59 Å². The van der Waals surface area contributed by atoms with E-state index in [0.29, 0.717) is 38.5 Å². The lowest BCUT2D eigenvalue weighted by Gasteiger charge is -2.17. The van der Waals surface area contributed by atoms with Crippen molar-refractivity contribution >= 4 is 52.0 Å². The maximum Gasteiger partial charge on any atom is 0.282 e. The fourth-order valence-corrected chi connectivity index (χ4v) is 3.93. The van der Waals surface area contributed by atoms with E-state index in [2.05, 4.69) is 19.2 Å². The van der Waals surface area contributed by atoms with Gasteiger partial charge in [-0.25, -0.2) is 4.90 Å². The highest BCUT2D eigenvalue weighted by molar-refractivity contribution is 6.46. The van der Waals surface area contributed by atoms with Gasteiger partial charge >= 0.3 is 0 Å². The second-order valence-corrected chi connectivity index (χ2v) is 8.91. The SMILES string of the molecule is Cc1ccc(Cl)cc1NC1=C(c2ccc(Cl)cc2)C(=O)N(c2ccc(C(C)C)cc2)C1=O. The number of imide groups is 1. The van der Waals surface area contributed by atoms with Crippen molar-refractivity contribution in [3.63, 3.8) is 0 Å². The Kier molecular flexibility index (Phi) is 6.09. The van der Waals surface area contributed by atoms with Crippen LogP contribution in [0.5, 0.6) is 0 Å². The number of halogens is 2. The van der Waals surface area contributed by atoms with Gasteiger partial charge in [0.05, 0.1) is 11.3 Å². The van der Waals surface area contributed by atoms with Gasteiger partial charge in [0.2, 0.25) is 0 Å². The second-order valence-electron chi connectivity index (χ2n) is 8.03. The number of anilines is 2. The van der Waals surface area contributed by atoms with E-state index in [1.165, 1.54) is 4.90 Å². The normalized spacial score (nSPS) is 14.0. The Morgan fingerprint density at radius 1 is 0.812 bits per heavy atom. The smallest absolute Gasteiger partial charge is 0.282 e. The molecule has 1 N–H and O–H groups in total. The highest BCUT2D eigenvalue weighted by Crippen LogP contribution is 2.35. The minimum absolute atomic E-state index is 0.204. The summed E-state index contributed by atoms with van der Waals surface area (Å²) in [5.41, 5.74) is 4.32. The van der Waals surface area contributed by atoms with Crippen molar-refractivity contribution in [1.29, 1.82) is 0 Å². The van der Waals surface area contributed by atoms with E-state index < -0.39 is 11.8 Å². The number of hydrogen-bond acceptors (Lipinski definition) is 3. The quantitative estimate of drug-likeness (QED) is 0.421. The van der Waals surface area contributed by atoms with Crippen molar-refractivity contribution in [2.45, 2.75) is 26.7 Å². The van der Waals surface area contributed by atoms with Crippen LogP contribution >= 0.6 is 23.2 Å². The average molecular weight is 465 g/mol. The van der Waals surface area contributed by atoms with E-state index in [0.717, 1.165) is 11.1 Å². The second kappa shape index (κ2) is 8.81.